The van der Waals surface area contributed by atoms with Gasteiger partial charge in [0.2, 0.25) is 5.91 Å². The van der Waals surface area contributed by atoms with Crippen molar-refractivity contribution in [2.45, 2.75) is 30.9 Å². The summed E-state index contributed by atoms with van der Waals surface area (Å²) in [6.45, 7) is 0.410. The molecule has 0 saturated carbocycles. The van der Waals surface area contributed by atoms with E-state index in [1.54, 1.807) is 11.3 Å². The molecule has 4 nitrogen and oxygen atoms in total. The Bertz CT molecular complexity index is 749. The van der Waals surface area contributed by atoms with E-state index in [9.17, 15) is 9.59 Å². The van der Waals surface area contributed by atoms with Gasteiger partial charge in [0.15, 0.2) is 0 Å². The zero-order valence-electron chi connectivity index (χ0n) is 12.9. The molecule has 8 heteroatoms. The molecule has 1 aliphatic heterocycles. The number of thiazole rings is 1. The van der Waals surface area contributed by atoms with Gasteiger partial charge in [0.1, 0.15) is 0 Å². The minimum atomic E-state index is -0.146. The van der Waals surface area contributed by atoms with Crippen molar-refractivity contribution in [1.82, 2.24) is 9.88 Å². The molecule has 24 heavy (non-hydrogen) atoms. The minimum absolute atomic E-state index is 0.0331. The molecule has 0 aliphatic carbocycles. The van der Waals surface area contributed by atoms with Crippen molar-refractivity contribution in [2.24, 2.45) is 0 Å². The topological polar surface area (TPSA) is 50.3 Å². The molecule has 1 saturated heterocycles. The molecule has 1 aromatic carbocycles. The number of amides is 2. The summed E-state index contributed by atoms with van der Waals surface area (Å²) in [6, 6.07) is 5.78. The molecule has 0 spiro atoms. The predicted octanol–water partition coefficient (Wildman–Crippen LogP) is 4.66. The Morgan fingerprint density at radius 1 is 1.33 bits per heavy atom. The summed E-state index contributed by atoms with van der Waals surface area (Å²) in [4.78, 5) is 29.1. The number of thiol groups is 1. The Kier molecular flexibility index (Phi) is 6.07. The summed E-state index contributed by atoms with van der Waals surface area (Å²) < 4.78 is 1.16. The number of thioether (sulfide) groups is 1. The van der Waals surface area contributed by atoms with E-state index in [0.29, 0.717) is 11.6 Å². The molecule has 0 radical (unpaired) electrons. The van der Waals surface area contributed by atoms with Crippen molar-refractivity contribution in [3.05, 3.63) is 28.2 Å². The third kappa shape index (κ3) is 4.45. The van der Waals surface area contributed by atoms with E-state index < -0.39 is 0 Å². The van der Waals surface area contributed by atoms with Gasteiger partial charge in [-0.2, -0.15) is 12.6 Å². The highest BCUT2D eigenvalue weighted by molar-refractivity contribution is 8.14. The highest BCUT2D eigenvalue weighted by Crippen LogP contribution is 2.26. The number of hydrogen-bond acceptors (Lipinski definition) is 6. The Morgan fingerprint density at radius 2 is 2.17 bits per heavy atom. The number of imide groups is 1. The van der Waals surface area contributed by atoms with Crippen LogP contribution in [0.1, 0.15) is 24.3 Å². The van der Waals surface area contributed by atoms with Crippen LogP contribution < -0.4 is 0 Å². The number of aromatic nitrogens is 1. The van der Waals surface area contributed by atoms with E-state index >= 15 is 0 Å². The lowest BCUT2D eigenvalue weighted by atomic mass is 10.1. The Morgan fingerprint density at radius 3 is 2.92 bits per heavy atom. The van der Waals surface area contributed by atoms with Crippen LogP contribution in [0.2, 0.25) is 5.02 Å². The fourth-order valence-electron chi connectivity index (χ4n) is 2.57. The number of rotatable bonds is 7. The van der Waals surface area contributed by atoms with E-state index in [1.165, 1.54) is 4.90 Å². The van der Waals surface area contributed by atoms with E-state index in [-0.39, 0.29) is 22.1 Å². The lowest BCUT2D eigenvalue weighted by Gasteiger charge is -2.17. The van der Waals surface area contributed by atoms with Crippen molar-refractivity contribution in [3.63, 3.8) is 0 Å². The molecule has 2 aromatic rings. The smallest absolute Gasteiger partial charge is 0.273 e. The molecular formula is C16H17ClN2O2S3. The fourth-order valence-corrected chi connectivity index (χ4v) is 4.81. The summed E-state index contributed by atoms with van der Waals surface area (Å²) >= 11 is 13.3. The van der Waals surface area contributed by atoms with Gasteiger partial charge in [-0.05, 0) is 37.5 Å². The SMILES string of the molecule is O=C1CSC(=O)N1CC(S)CCCCc1nc2cc(Cl)ccc2s1. The molecule has 1 aromatic heterocycles. The number of halogens is 1. The molecule has 2 heterocycles. The number of hydrogen-bond donors (Lipinski definition) is 1. The molecule has 0 bridgehead atoms. The van der Waals surface area contributed by atoms with Crippen LogP contribution in [0.5, 0.6) is 0 Å². The molecule has 2 amide bonds. The van der Waals surface area contributed by atoms with Gasteiger partial charge in [-0.3, -0.25) is 14.5 Å². The summed E-state index contributed by atoms with van der Waals surface area (Å²) in [6.07, 6.45) is 3.81. The van der Waals surface area contributed by atoms with E-state index in [1.807, 2.05) is 18.2 Å². The standard InChI is InChI=1S/C16H17ClN2O2S3/c17-10-5-6-13-12(7-10)18-14(24-13)4-2-1-3-11(22)8-19-15(20)9-23-16(19)21/h5-7,11,22H,1-4,8-9H2. The maximum atomic E-state index is 11.6. The van der Waals surface area contributed by atoms with Crippen LogP contribution in [-0.4, -0.2) is 38.6 Å². The first-order valence-electron chi connectivity index (χ1n) is 7.73. The van der Waals surface area contributed by atoms with Crippen molar-refractivity contribution in [2.75, 3.05) is 12.3 Å². The fraction of sp³-hybridized carbons (Fsp3) is 0.438. The van der Waals surface area contributed by atoms with Crippen LogP contribution in [0, 0.1) is 0 Å². The molecular weight excluding hydrogens is 384 g/mol. The normalized spacial score (nSPS) is 16.3. The minimum Gasteiger partial charge on any atom is -0.273 e. The second-order valence-corrected chi connectivity index (χ2v) is 8.89. The second-order valence-electron chi connectivity index (χ2n) is 5.68. The summed E-state index contributed by atoms with van der Waals surface area (Å²) in [5.74, 6) is 0.165. The van der Waals surface area contributed by atoms with Gasteiger partial charge < -0.3 is 0 Å². The monoisotopic (exact) mass is 400 g/mol. The first-order chi connectivity index (χ1) is 11.5. The number of benzene rings is 1. The first-order valence-corrected chi connectivity index (χ1v) is 10.4. The van der Waals surface area contributed by atoms with Gasteiger partial charge >= 0.3 is 0 Å². The Hall–Kier alpha value is -0.760. The van der Waals surface area contributed by atoms with Crippen molar-refractivity contribution < 1.29 is 9.59 Å². The molecule has 1 aliphatic rings. The maximum Gasteiger partial charge on any atom is 0.288 e. The summed E-state index contributed by atoms with van der Waals surface area (Å²) in [5, 5.41) is 1.71. The Labute approximate surface area is 159 Å². The molecule has 1 unspecified atom stereocenters. The summed E-state index contributed by atoms with van der Waals surface area (Å²) in [5.41, 5.74) is 0.957. The van der Waals surface area contributed by atoms with E-state index in [0.717, 1.165) is 52.7 Å². The van der Waals surface area contributed by atoms with Gasteiger partial charge in [0.25, 0.3) is 5.24 Å². The lowest BCUT2D eigenvalue weighted by molar-refractivity contribution is -0.124. The van der Waals surface area contributed by atoms with Gasteiger partial charge in [0.05, 0.1) is 21.0 Å². The number of aryl methyl sites for hydroxylation is 1. The van der Waals surface area contributed by atoms with Gasteiger partial charge in [-0.15, -0.1) is 11.3 Å². The summed E-state index contributed by atoms with van der Waals surface area (Å²) in [7, 11) is 0. The first kappa shape index (κ1) is 18.0. The maximum absolute atomic E-state index is 11.6. The van der Waals surface area contributed by atoms with Gasteiger partial charge in [-0.25, -0.2) is 4.98 Å². The highest BCUT2D eigenvalue weighted by Gasteiger charge is 2.30. The van der Waals surface area contributed by atoms with Crippen molar-refractivity contribution in [3.8, 4) is 0 Å². The lowest BCUT2D eigenvalue weighted by Crippen LogP contribution is -2.34. The zero-order valence-corrected chi connectivity index (χ0v) is 16.2. The molecule has 3 rings (SSSR count). The van der Waals surface area contributed by atoms with Gasteiger partial charge in [0, 0.05) is 16.8 Å². The largest absolute Gasteiger partial charge is 0.288 e. The highest BCUT2D eigenvalue weighted by atomic mass is 35.5. The van der Waals surface area contributed by atoms with E-state index in [4.69, 9.17) is 11.6 Å². The second kappa shape index (κ2) is 8.08. The number of nitrogens with zero attached hydrogens (tertiary/aromatic N) is 2. The van der Waals surface area contributed by atoms with Crippen LogP contribution in [0.4, 0.5) is 4.79 Å². The molecule has 1 atom stereocenters. The zero-order chi connectivity index (χ0) is 17.1. The average molecular weight is 401 g/mol. The molecule has 0 N–H and O–H groups in total. The number of unbranched alkanes of at least 4 members (excludes halogenated alkanes) is 1. The van der Waals surface area contributed by atoms with Crippen LogP contribution in [0.25, 0.3) is 10.2 Å². The van der Waals surface area contributed by atoms with Crippen molar-refractivity contribution >= 4 is 68.7 Å². The number of fused-ring (bicyclic) bond motifs is 1. The average Bonchev–Trinajstić information content (AvgIpc) is 3.08. The van der Waals surface area contributed by atoms with Crippen LogP contribution in [0.15, 0.2) is 18.2 Å². The third-order valence-electron chi connectivity index (χ3n) is 3.81. The number of carbonyl (C=O) groups excluding carboxylic acids is 2. The quantitative estimate of drug-likeness (QED) is 0.542. The van der Waals surface area contributed by atoms with E-state index in [2.05, 4.69) is 17.6 Å². The Balaban J connectivity index is 1.42. The van der Waals surface area contributed by atoms with Crippen LogP contribution in [-0.2, 0) is 11.2 Å². The molecule has 1 fully saturated rings. The van der Waals surface area contributed by atoms with Crippen LogP contribution in [0.3, 0.4) is 0 Å². The van der Waals surface area contributed by atoms with Crippen LogP contribution >= 0.6 is 47.3 Å². The van der Waals surface area contributed by atoms with Crippen molar-refractivity contribution in [1.29, 1.82) is 0 Å². The number of carbonyl (C=O) groups is 2. The molecule has 128 valence electrons. The van der Waals surface area contributed by atoms with Gasteiger partial charge in [-0.1, -0.05) is 29.8 Å². The predicted molar refractivity (Wildman–Crippen MR) is 105 cm³/mol. The third-order valence-corrected chi connectivity index (χ3v) is 6.42.